The van der Waals surface area contributed by atoms with Gasteiger partial charge in [-0.2, -0.15) is 0 Å². The van der Waals surface area contributed by atoms with Gasteiger partial charge in [0.15, 0.2) is 0 Å². The van der Waals surface area contributed by atoms with Gasteiger partial charge in [0.2, 0.25) is 0 Å². The van der Waals surface area contributed by atoms with Crippen LogP contribution in [-0.2, 0) is 0 Å². The molecule has 92 valence electrons. The third kappa shape index (κ3) is 10.2. The second kappa shape index (κ2) is 9.17. The number of hydrogen-bond donors (Lipinski definition) is 1. The number of unbranched alkanes of at least 4 members (excludes halogenated alkanes) is 5. The van der Waals surface area contributed by atoms with E-state index in [-0.39, 0.29) is 0 Å². The molecule has 0 rings (SSSR count). The first-order valence-electron chi connectivity index (χ1n) is 6.55. The Labute approximate surface area is 95.9 Å². The number of aliphatic hydroxyl groups excluding tert-OH is 1. The van der Waals surface area contributed by atoms with Gasteiger partial charge in [0.25, 0.3) is 0 Å². The highest BCUT2D eigenvalue weighted by Crippen LogP contribution is 2.08. The van der Waals surface area contributed by atoms with Gasteiger partial charge in [-0.3, -0.25) is 0 Å². The molecule has 2 heteroatoms. The van der Waals surface area contributed by atoms with Crippen LogP contribution in [0.25, 0.3) is 0 Å². The van der Waals surface area contributed by atoms with Crippen molar-refractivity contribution in [3.8, 4) is 0 Å². The Balaban J connectivity index is 3.38. The lowest BCUT2D eigenvalue weighted by Crippen LogP contribution is -2.41. The molecule has 0 aliphatic rings. The minimum atomic E-state index is 0.356. The summed E-state index contributed by atoms with van der Waals surface area (Å²) in [6.45, 7) is 5.21. The molecule has 0 spiro atoms. The maximum atomic E-state index is 8.66. The number of rotatable bonds is 10. The van der Waals surface area contributed by atoms with E-state index in [0.29, 0.717) is 6.61 Å². The molecule has 0 saturated carbocycles. The van der Waals surface area contributed by atoms with Crippen molar-refractivity contribution in [3.63, 3.8) is 0 Å². The molecule has 0 fully saturated rings. The normalized spacial score (nSPS) is 12.0. The summed E-state index contributed by atoms with van der Waals surface area (Å²) in [5, 5.41) is 8.66. The summed E-state index contributed by atoms with van der Waals surface area (Å²) in [5.41, 5.74) is 0. The molecule has 0 atom stereocenters. The van der Waals surface area contributed by atoms with E-state index in [1.807, 2.05) is 0 Å². The van der Waals surface area contributed by atoms with Crippen LogP contribution < -0.4 is 0 Å². The first-order chi connectivity index (χ1) is 7.12. The quantitative estimate of drug-likeness (QED) is 0.440. The van der Waals surface area contributed by atoms with Crippen LogP contribution in [0, 0.1) is 0 Å². The van der Waals surface area contributed by atoms with E-state index in [9.17, 15) is 0 Å². The second-order valence-electron chi connectivity index (χ2n) is 5.23. The molecule has 0 radical (unpaired) electrons. The lowest BCUT2D eigenvalue weighted by molar-refractivity contribution is -0.890. The molecule has 1 N–H and O–H groups in total. The molecule has 0 aromatic carbocycles. The van der Waals surface area contributed by atoms with Crippen molar-refractivity contribution < 1.29 is 9.59 Å². The van der Waals surface area contributed by atoms with Crippen LogP contribution in [0.2, 0.25) is 0 Å². The third-order valence-corrected chi connectivity index (χ3v) is 3.04. The molecule has 0 aliphatic heterocycles. The summed E-state index contributed by atoms with van der Waals surface area (Å²) < 4.78 is 1.17. The van der Waals surface area contributed by atoms with Gasteiger partial charge in [0.1, 0.15) is 0 Å². The fraction of sp³-hybridized carbons (Fsp3) is 1.00. The van der Waals surface area contributed by atoms with Crippen molar-refractivity contribution >= 4 is 0 Å². The maximum absolute atomic E-state index is 8.66. The molecule has 0 heterocycles. The van der Waals surface area contributed by atoms with E-state index in [2.05, 4.69) is 21.0 Å². The molecular formula is C13H30NO+. The van der Waals surface area contributed by atoms with Crippen LogP contribution in [0.4, 0.5) is 0 Å². The highest BCUT2D eigenvalue weighted by Gasteiger charge is 2.12. The van der Waals surface area contributed by atoms with Crippen molar-refractivity contribution in [2.24, 2.45) is 0 Å². The Morgan fingerprint density at radius 1 is 0.800 bits per heavy atom. The van der Waals surface area contributed by atoms with Crippen LogP contribution in [-0.4, -0.2) is 43.4 Å². The monoisotopic (exact) mass is 216 g/mol. The van der Waals surface area contributed by atoms with Gasteiger partial charge in [0.05, 0.1) is 27.2 Å². The second-order valence-corrected chi connectivity index (χ2v) is 5.23. The standard InChI is InChI=1S/C13H30NO/c1-4-5-8-11-14(2,3)12-9-6-7-10-13-15/h15H,4-13H2,1-3H3/q+1. The zero-order valence-electron chi connectivity index (χ0n) is 11.0. The molecular weight excluding hydrogens is 186 g/mol. The largest absolute Gasteiger partial charge is 0.396 e. The Bertz CT molecular complexity index is 134. The predicted molar refractivity (Wildman–Crippen MR) is 66.9 cm³/mol. The molecule has 0 unspecified atom stereocenters. The number of hydrogen-bond acceptors (Lipinski definition) is 1. The summed E-state index contributed by atoms with van der Waals surface area (Å²) in [6, 6.07) is 0. The molecule has 15 heavy (non-hydrogen) atoms. The Kier molecular flexibility index (Phi) is 9.12. The Morgan fingerprint density at radius 2 is 1.33 bits per heavy atom. The first kappa shape index (κ1) is 14.9. The summed E-state index contributed by atoms with van der Waals surface area (Å²) in [6.07, 6.45) is 8.78. The lowest BCUT2D eigenvalue weighted by atomic mass is 10.1. The van der Waals surface area contributed by atoms with Crippen molar-refractivity contribution in [3.05, 3.63) is 0 Å². The third-order valence-electron chi connectivity index (χ3n) is 3.04. The number of aliphatic hydroxyl groups is 1. The van der Waals surface area contributed by atoms with E-state index < -0.39 is 0 Å². The molecule has 2 nitrogen and oxygen atoms in total. The van der Waals surface area contributed by atoms with Crippen LogP contribution in [0.5, 0.6) is 0 Å². The van der Waals surface area contributed by atoms with Gasteiger partial charge in [-0.25, -0.2) is 0 Å². The van der Waals surface area contributed by atoms with Crippen molar-refractivity contribution in [1.82, 2.24) is 0 Å². The number of nitrogens with zero attached hydrogens (tertiary/aromatic N) is 1. The van der Waals surface area contributed by atoms with Gasteiger partial charge in [-0.1, -0.05) is 19.8 Å². The fourth-order valence-corrected chi connectivity index (χ4v) is 1.91. The van der Waals surface area contributed by atoms with Gasteiger partial charge >= 0.3 is 0 Å². The minimum absolute atomic E-state index is 0.356. The van der Waals surface area contributed by atoms with E-state index >= 15 is 0 Å². The molecule has 0 bridgehead atoms. The Hall–Kier alpha value is -0.0800. The molecule has 0 aliphatic carbocycles. The zero-order valence-corrected chi connectivity index (χ0v) is 11.0. The predicted octanol–water partition coefficient (Wildman–Crippen LogP) is 2.81. The van der Waals surface area contributed by atoms with Crippen LogP contribution in [0.3, 0.4) is 0 Å². The van der Waals surface area contributed by atoms with Crippen LogP contribution in [0.1, 0.15) is 51.9 Å². The average molecular weight is 216 g/mol. The molecule has 0 amide bonds. The topological polar surface area (TPSA) is 20.2 Å². The van der Waals surface area contributed by atoms with Crippen LogP contribution in [0.15, 0.2) is 0 Å². The fourth-order valence-electron chi connectivity index (χ4n) is 1.91. The SMILES string of the molecule is CCCCC[N+](C)(C)CCCCCCO. The highest BCUT2D eigenvalue weighted by molar-refractivity contribution is 4.44. The molecule has 0 saturated heterocycles. The summed E-state index contributed by atoms with van der Waals surface area (Å²) in [4.78, 5) is 0. The zero-order chi connectivity index (χ0) is 11.6. The van der Waals surface area contributed by atoms with Crippen molar-refractivity contribution in [1.29, 1.82) is 0 Å². The van der Waals surface area contributed by atoms with Crippen molar-refractivity contribution in [2.45, 2.75) is 51.9 Å². The van der Waals surface area contributed by atoms with Gasteiger partial charge in [-0.15, -0.1) is 0 Å². The minimum Gasteiger partial charge on any atom is -0.396 e. The van der Waals surface area contributed by atoms with E-state index in [1.54, 1.807) is 0 Å². The summed E-state index contributed by atoms with van der Waals surface area (Å²) in [7, 11) is 4.67. The van der Waals surface area contributed by atoms with Gasteiger partial charge in [-0.05, 0) is 32.1 Å². The average Bonchev–Trinajstić information content (AvgIpc) is 2.17. The van der Waals surface area contributed by atoms with Gasteiger partial charge < -0.3 is 9.59 Å². The van der Waals surface area contributed by atoms with Gasteiger partial charge in [0, 0.05) is 6.61 Å². The number of quaternary nitrogens is 1. The smallest absolute Gasteiger partial charge is 0.0782 e. The summed E-state index contributed by atoms with van der Waals surface area (Å²) in [5.74, 6) is 0. The van der Waals surface area contributed by atoms with E-state index in [1.165, 1.54) is 56.1 Å². The van der Waals surface area contributed by atoms with Crippen LogP contribution >= 0.6 is 0 Å². The van der Waals surface area contributed by atoms with Crippen molar-refractivity contribution in [2.75, 3.05) is 33.8 Å². The Morgan fingerprint density at radius 3 is 1.87 bits per heavy atom. The van der Waals surface area contributed by atoms with E-state index in [0.717, 1.165) is 6.42 Å². The highest BCUT2D eigenvalue weighted by atomic mass is 16.2. The molecule has 0 aromatic rings. The first-order valence-corrected chi connectivity index (χ1v) is 6.55. The summed E-state index contributed by atoms with van der Waals surface area (Å²) >= 11 is 0. The van der Waals surface area contributed by atoms with E-state index in [4.69, 9.17) is 5.11 Å². The molecule has 0 aromatic heterocycles. The maximum Gasteiger partial charge on any atom is 0.0782 e. The lowest BCUT2D eigenvalue weighted by Gasteiger charge is -2.29.